The summed E-state index contributed by atoms with van der Waals surface area (Å²) in [6.07, 6.45) is 5.87. The summed E-state index contributed by atoms with van der Waals surface area (Å²) in [4.78, 5) is 4.67. The highest BCUT2D eigenvalue weighted by atomic mass is 79.9. The number of benzene rings is 1. The van der Waals surface area contributed by atoms with Crippen LogP contribution in [0.15, 0.2) is 22.7 Å². The number of aromatic nitrogens is 1. The highest BCUT2D eigenvalue weighted by Gasteiger charge is 2.39. The third-order valence-corrected chi connectivity index (χ3v) is 6.24. The smallest absolute Gasteiger partial charge is 0.183 e. The molecule has 3 atom stereocenters. The number of nitrogens with zero attached hydrogens (tertiary/aromatic N) is 1. The van der Waals surface area contributed by atoms with E-state index in [4.69, 9.17) is 0 Å². The molecule has 0 spiro atoms. The lowest BCUT2D eigenvalue weighted by Gasteiger charge is -2.21. The van der Waals surface area contributed by atoms with E-state index in [1.54, 1.807) is 11.3 Å². The molecule has 1 heterocycles. The molecule has 4 heteroatoms. The third-order valence-electron chi connectivity index (χ3n) is 4.75. The van der Waals surface area contributed by atoms with E-state index in [0.29, 0.717) is 0 Å². The molecule has 2 aliphatic rings. The molecule has 2 nitrogen and oxygen atoms in total. The summed E-state index contributed by atoms with van der Waals surface area (Å²) in [5.41, 5.74) is 1.09. The van der Waals surface area contributed by atoms with Gasteiger partial charge in [-0.3, -0.25) is 0 Å². The number of anilines is 1. The quantitative estimate of drug-likeness (QED) is 0.861. The van der Waals surface area contributed by atoms with Gasteiger partial charge in [0.05, 0.1) is 10.2 Å². The van der Waals surface area contributed by atoms with Gasteiger partial charge < -0.3 is 5.32 Å². The number of thiazole rings is 1. The van der Waals surface area contributed by atoms with E-state index in [0.717, 1.165) is 39.4 Å². The first-order chi connectivity index (χ1) is 9.28. The van der Waals surface area contributed by atoms with Crippen molar-refractivity contribution in [1.82, 2.24) is 4.98 Å². The van der Waals surface area contributed by atoms with Crippen LogP contribution in [0, 0.1) is 17.8 Å². The molecule has 0 radical (unpaired) electrons. The van der Waals surface area contributed by atoms with Crippen LogP contribution < -0.4 is 5.32 Å². The zero-order valence-electron chi connectivity index (χ0n) is 10.7. The summed E-state index contributed by atoms with van der Waals surface area (Å²) in [6.45, 7) is 1.11. The normalized spacial score (nSPS) is 29.2. The monoisotopic (exact) mass is 336 g/mol. The maximum absolute atomic E-state index is 4.67. The Balaban J connectivity index is 1.46. The fourth-order valence-corrected chi connectivity index (χ4v) is 5.02. The van der Waals surface area contributed by atoms with Crippen molar-refractivity contribution in [2.75, 3.05) is 11.9 Å². The lowest BCUT2D eigenvalue weighted by Crippen LogP contribution is -2.19. The van der Waals surface area contributed by atoms with Crippen LogP contribution in [0.1, 0.15) is 25.7 Å². The number of fused-ring (bicyclic) bond motifs is 3. The van der Waals surface area contributed by atoms with Crippen LogP contribution in [0.25, 0.3) is 10.2 Å². The second-order valence-electron chi connectivity index (χ2n) is 5.95. The van der Waals surface area contributed by atoms with Crippen LogP contribution in [0.2, 0.25) is 0 Å². The van der Waals surface area contributed by atoms with Crippen LogP contribution in [-0.2, 0) is 0 Å². The van der Waals surface area contributed by atoms with Crippen molar-refractivity contribution in [1.29, 1.82) is 0 Å². The van der Waals surface area contributed by atoms with Crippen LogP contribution >= 0.6 is 27.3 Å². The molecular weight excluding hydrogens is 320 g/mol. The standard InChI is InChI=1S/C15H17BrN2S/c16-12-3-4-14-13(7-12)18-15(19-14)17-8-11-6-9-1-2-10(11)5-9/h3-4,7,9-11H,1-2,5-6,8H2,(H,17,18). The van der Waals surface area contributed by atoms with Crippen molar-refractivity contribution < 1.29 is 0 Å². The number of hydrogen-bond acceptors (Lipinski definition) is 3. The second-order valence-corrected chi connectivity index (χ2v) is 7.89. The van der Waals surface area contributed by atoms with Gasteiger partial charge in [-0.2, -0.15) is 0 Å². The van der Waals surface area contributed by atoms with Gasteiger partial charge in [0.2, 0.25) is 0 Å². The molecule has 2 fully saturated rings. The van der Waals surface area contributed by atoms with Crippen molar-refractivity contribution in [3.8, 4) is 0 Å². The maximum atomic E-state index is 4.67. The summed E-state index contributed by atoms with van der Waals surface area (Å²) in [6, 6.07) is 6.31. The minimum absolute atomic E-state index is 0.887. The molecule has 0 amide bonds. The Bertz CT molecular complexity index is 609. The average Bonchev–Trinajstić information content (AvgIpc) is 3.09. The van der Waals surface area contributed by atoms with Gasteiger partial charge in [-0.1, -0.05) is 33.7 Å². The second kappa shape index (κ2) is 4.74. The fourth-order valence-electron chi connectivity index (χ4n) is 3.82. The van der Waals surface area contributed by atoms with Gasteiger partial charge in [0.1, 0.15) is 0 Å². The van der Waals surface area contributed by atoms with E-state index in [9.17, 15) is 0 Å². The Morgan fingerprint density at radius 2 is 2.26 bits per heavy atom. The van der Waals surface area contributed by atoms with Crippen molar-refractivity contribution in [3.05, 3.63) is 22.7 Å². The van der Waals surface area contributed by atoms with Gasteiger partial charge in [-0.15, -0.1) is 0 Å². The Morgan fingerprint density at radius 1 is 1.32 bits per heavy atom. The van der Waals surface area contributed by atoms with Crippen LogP contribution in [0.5, 0.6) is 0 Å². The number of halogens is 1. The lowest BCUT2D eigenvalue weighted by molar-refractivity contribution is 0.348. The van der Waals surface area contributed by atoms with Crippen molar-refractivity contribution in [3.63, 3.8) is 0 Å². The van der Waals surface area contributed by atoms with Crippen LogP contribution in [-0.4, -0.2) is 11.5 Å². The molecule has 0 aliphatic heterocycles. The molecule has 1 aromatic heterocycles. The summed E-state index contributed by atoms with van der Waals surface area (Å²) in [5, 5.41) is 4.65. The first-order valence-electron chi connectivity index (χ1n) is 7.08. The van der Waals surface area contributed by atoms with E-state index in [1.807, 2.05) is 0 Å². The van der Waals surface area contributed by atoms with E-state index < -0.39 is 0 Å². The van der Waals surface area contributed by atoms with Gasteiger partial charge in [0.25, 0.3) is 0 Å². The molecule has 2 aromatic rings. The predicted octanol–water partition coefficient (Wildman–Crippen LogP) is 4.91. The predicted molar refractivity (Wildman–Crippen MR) is 84.7 cm³/mol. The first kappa shape index (κ1) is 12.2. The molecule has 4 rings (SSSR count). The van der Waals surface area contributed by atoms with Gasteiger partial charge >= 0.3 is 0 Å². The topological polar surface area (TPSA) is 24.9 Å². The molecule has 3 unspecified atom stereocenters. The minimum atomic E-state index is 0.887. The maximum Gasteiger partial charge on any atom is 0.183 e. The number of rotatable bonds is 3. The third kappa shape index (κ3) is 2.29. The highest BCUT2D eigenvalue weighted by molar-refractivity contribution is 9.10. The van der Waals surface area contributed by atoms with Gasteiger partial charge in [0.15, 0.2) is 5.13 Å². The summed E-state index contributed by atoms with van der Waals surface area (Å²) >= 11 is 5.27. The van der Waals surface area contributed by atoms with Crippen molar-refractivity contribution >= 4 is 42.6 Å². The van der Waals surface area contributed by atoms with Gasteiger partial charge in [-0.25, -0.2) is 4.98 Å². The van der Waals surface area contributed by atoms with Gasteiger partial charge in [-0.05, 0) is 55.2 Å². The molecule has 19 heavy (non-hydrogen) atoms. The molecule has 2 saturated carbocycles. The SMILES string of the molecule is Brc1ccc2sc(NCC3CC4CCC3C4)nc2c1. The van der Waals surface area contributed by atoms with Crippen LogP contribution in [0.3, 0.4) is 0 Å². The Hall–Kier alpha value is -0.610. The molecule has 0 saturated heterocycles. The van der Waals surface area contributed by atoms with E-state index in [-0.39, 0.29) is 0 Å². The Labute approximate surface area is 125 Å². The molecular formula is C15H17BrN2S. The average molecular weight is 337 g/mol. The summed E-state index contributed by atoms with van der Waals surface area (Å²) in [7, 11) is 0. The first-order valence-corrected chi connectivity index (χ1v) is 8.69. The molecule has 1 N–H and O–H groups in total. The fraction of sp³-hybridized carbons (Fsp3) is 0.533. The highest BCUT2D eigenvalue weighted by Crippen LogP contribution is 2.48. The Kier molecular flexibility index (Phi) is 3.03. The molecule has 1 aromatic carbocycles. The minimum Gasteiger partial charge on any atom is -0.361 e. The summed E-state index contributed by atoms with van der Waals surface area (Å²) in [5.74, 6) is 2.90. The summed E-state index contributed by atoms with van der Waals surface area (Å²) < 4.78 is 2.36. The van der Waals surface area contributed by atoms with Crippen molar-refractivity contribution in [2.24, 2.45) is 17.8 Å². The molecule has 2 aliphatic carbocycles. The Morgan fingerprint density at radius 3 is 3.05 bits per heavy atom. The zero-order chi connectivity index (χ0) is 12.8. The largest absolute Gasteiger partial charge is 0.361 e. The van der Waals surface area contributed by atoms with Crippen molar-refractivity contribution in [2.45, 2.75) is 25.7 Å². The van der Waals surface area contributed by atoms with Crippen LogP contribution in [0.4, 0.5) is 5.13 Å². The molecule has 100 valence electrons. The van der Waals surface area contributed by atoms with E-state index >= 15 is 0 Å². The zero-order valence-corrected chi connectivity index (χ0v) is 13.1. The van der Waals surface area contributed by atoms with Gasteiger partial charge in [0, 0.05) is 11.0 Å². The van der Waals surface area contributed by atoms with E-state index in [2.05, 4.69) is 44.4 Å². The lowest BCUT2D eigenvalue weighted by atomic mass is 9.89. The number of hydrogen-bond donors (Lipinski definition) is 1. The van der Waals surface area contributed by atoms with E-state index in [1.165, 1.54) is 30.4 Å². The molecule has 2 bridgehead atoms. The number of nitrogens with one attached hydrogen (secondary N) is 1.